The molecule has 4 heteroatoms. The number of hydrogen-bond acceptors (Lipinski definition) is 3. The summed E-state index contributed by atoms with van der Waals surface area (Å²) in [6.45, 7) is 0. The Balaban J connectivity index is 1.24. The lowest BCUT2D eigenvalue weighted by atomic mass is 9.98. The van der Waals surface area contributed by atoms with Gasteiger partial charge in [-0.1, -0.05) is 170 Å². The molecule has 0 saturated carbocycles. The second kappa shape index (κ2) is 12.9. The van der Waals surface area contributed by atoms with Gasteiger partial charge in [-0.15, -0.1) is 0 Å². The minimum absolute atomic E-state index is 0.627. The monoisotopic (exact) mass is 676 g/mol. The van der Waals surface area contributed by atoms with Crippen molar-refractivity contribution >= 4 is 32.6 Å². The molecular formula is C49H32N4. The smallest absolute Gasteiger partial charge is 0.164 e. The summed E-state index contributed by atoms with van der Waals surface area (Å²) in [5.74, 6) is 1.89. The van der Waals surface area contributed by atoms with E-state index in [1.54, 1.807) is 0 Å². The molecule has 0 radical (unpaired) electrons. The first kappa shape index (κ1) is 30.6. The fraction of sp³-hybridized carbons (Fsp3) is 0. The van der Waals surface area contributed by atoms with Gasteiger partial charge in [0.25, 0.3) is 0 Å². The normalized spacial score (nSPS) is 11.4. The van der Waals surface area contributed by atoms with Gasteiger partial charge in [-0.25, -0.2) is 15.0 Å². The molecule has 0 aliphatic rings. The van der Waals surface area contributed by atoms with E-state index in [1.807, 2.05) is 12.1 Å². The van der Waals surface area contributed by atoms with Crippen LogP contribution in [0.4, 0.5) is 0 Å². The maximum Gasteiger partial charge on any atom is 0.164 e. The highest BCUT2D eigenvalue weighted by atomic mass is 15.0. The Bertz CT molecular complexity index is 2930. The van der Waals surface area contributed by atoms with Gasteiger partial charge in [-0.3, -0.25) is 0 Å². The lowest BCUT2D eigenvalue weighted by Gasteiger charge is -2.14. The number of fused-ring (bicyclic) bond motifs is 5. The van der Waals surface area contributed by atoms with Crippen LogP contribution in [0.2, 0.25) is 0 Å². The molecular weight excluding hydrogens is 645 g/mol. The summed E-state index contributed by atoms with van der Waals surface area (Å²) < 4.78 is 2.38. The third-order valence-corrected chi connectivity index (χ3v) is 10.1. The Labute approximate surface area is 307 Å². The van der Waals surface area contributed by atoms with Crippen LogP contribution in [0.15, 0.2) is 194 Å². The van der Waals surface area contributed by atoms with Crippen LogP contribution < -0.4 is 0 Å². The van der Waals surface area contributed by atoms with Crippen LogP contribution in [-0.4, -0.2) is 19.5 Å². The van der Waals surface area contributed by atoms with Crippen molar-refractivity contribution in [2.75, 3.05) is 0 Å². The van der Waals surface area contributed by atoms with Gasteiger partial charge in [-0.2, -0.15) is 0 Å². The Morgan fingerprint density at radius 1 is 0.302 bits per heavy atom. The lowest BCUT2D eigenvalue weighted by Crippen LogP contribution is -2.02. The van der Waals surface area contributed by atoms with E-state index in [0.29, 0.717) is 17.5 Å². The summed E-state index contributed by atoms with van der Waals surface area (Å²) in [5.41, 5.74) is 10.7. The molecule has 0 atom stereocenters. The second-order valence-corrected chi connectivity index (χ2v) is 13.2. The number of hydrogen-bond donors (Lipinski definition) is 0. The molecule has 0 unspecified atom stereocenters. The first-order chi connectivity index (χ1) is 26.3. The van der Waals surface area contributed by atoms with E-state index in [2.05, 4.69) is 187 Å². The van der Waals surface area contributed by atoms with E-state index in [4.69, 9.17) is 15.0 Å². The van der Waals surface area contributed by atoms with Gasteiger partial charge in [0, 0.05) is 38.5 Å². The molecule has 248 valence electrons. The predicted octanol–water partition coefficient (Wildman–Crippen LogP) is 12.5. The number of aromatic nitrogens is 4. The Hall–Kier alpha value is -7.17. The summed E-state index contributed by atoms with van der Waals surface area (Å²) in [5, 5.41) is 4.65. The standard InChI is InChI=1S/C49H32N4/c1-4-16-33(17-5-1)35-20-14-21-36(32-35)47-50-48(43-26-11-10-24-38(43)34-18-6-2-7-19-34)52-49(51-47)44-28-15-27-41-39(44)30-31-42-40-25-12-13-29-45(40)53(46(41)42)37-22-8-3-9-23-37/h1-32H. The van der Waals surface area contributed by atoms with Crippen LogP contribution in [0.3, 0.4) is 0 Å². The first-order valence-corrected chi connectivity index (χ1v) is 17.9. The number of benzene rings is 8. The minimum Gasteiger partial charge on any atom is -0.309 e. The van der Waals surface area contributed by atoms with Crippen molar-refractivity contribution in [1.29, 1.82) is 0 Å². The average molecular weight is 677 g/mol. The highest BCUT2D eigenvalue weighted by molar-refractivity contribution is 6.20. The van der Waals surface area contributed by atoms with Gasteiger partial charge in [-0.05, 0) is 51.9 Å². The molecule has 2 heterocycles. The van der Waals surface area contributed by atoms with Crippen molar-refractivity contribution in [1.82, 2.24) is 19.5 Å². The SMILES string of the molecule is c1ccc(-c2cccc(-c3nc(-c4ccccc4-c4ccccc4)nc(-c4cccc5c4ccc4c6ccccc6n(-c6ccccc6)c54)n3)c2)cc1. The molecule has 0 amide bonds. The Kier molecular flexibility index (Phi) is 7.43. The molecule has 10 rings (SSSR count). The van der Waals surface area contributed by atoms with Gasteiger partial charge >= 0.3 is 0 Å². The molecule has 2 aromatic heterocycles. The van der Waals surface area contributed by atoms with Crippen molar-refractivity contribution in [3.05, 3.63) is 194 Å². The quantitative estimate of drug-likeness (QED) is 0.176. The Morgan fingerprint density at radius 3 is 1.60 bits per heavy atom. The molecule has 8 aromatic carbocycles. The third-order valence-electron chi connectivity index (χ3n) is 10.1. The van der Waals surface area contributed by atoms with Gasteiger partial charge in [0.05, 0.1) is 11.0 Å². The topological polar surface area (TPSA) is 43.6 Å². The van der Waals surface area contributed by atoms with Crippen LogP contribution in [0.25, 0.3) is 94.7 Å². The van der Waals surface area contributed by atoms with Crippen LogP contribution in [0.1, 0.15) is 0 Å². The van der Waals surface area contributed by atoms with Gasteiger partial charge in [0.1, 0.15) is 0 Å². The van der Waals surface area contributed by atoms with Crippen LogP contribution in [0, 0.1) is 0 Å². The lowest BCUT2D eigenvalue weighted by molar-refractivity contribution is 1.08. The van der Waals surface area contributed by atoms with Crippen LogP contribution in [0.5, 0.6) is 0 Å². The highest BCUT2D eigenvalue weighted by Gasteiger charge is 2.20. The zero-order chi connectivity index (χ0) is 35.1. The summed E-state index contributed by atoms with van der Waals surface area (Å²) in [6, 6.07) is 67.9. The molecule has 53 heavy (non-hydrogen) atoms. The van der Waals surface area contributed by atoms with Crippen LogP contribution in [-0.2, 0) is 0 Å². The van der Waals surface area contributed by atoms with Crippen molar-refractivity contribution in [3.63, 3.8) is 0 Å². The van der Waals surface area contributed by atoms with E-state index >= 15 is 0 Å². The van der Waals surface area contributed by atoms with Crippen LogP contribution >= 0.6 is 0 Å². The van der Waals surface area contributed by atoms with Crippen molar-refractivity contribution in [2.45, 2.75) is 0 Å². The number of para-hydroxylation sites is 2. The maximum atomic E-state index is 5.29. The van der Waals surface area contributed by atoms with Gasteiger partial charge < -0.3 is 4.57 Å². The maximum absolute atomic E-state index is 5.29. The molecule has 0 bridgehead atoms. The van der Waals surface area contributed by atoms with E-state index in [1.165, 1.54) is 16.3 Å². The molecule has 0 N–H and O–H groups in total. The van der Waals surface area contributed by atoms with E-state index in [-0.39, 0.29) is 0 Å². The van der Waals surface area contributed by atoms with Gasteiger partial charge in [0.15, 0.2) is 17.5 Å². The fourth-order valence-electron chi connectivity index (χ4n) is 7.62. The Morgan fingerprint density at radius 2 is 0.811 bits per heavy atom. The summed E-state index contributed by atoms with van der Waals surface area (Å²) in [6.07, 6.45) is 0. The van der Waals surface area contributed by atoms with Crippen molar-refractivity contribution in [3.8, 4) is 62.1 Å². The molecule has 0 spiro atoms. The van der Waals surface area contributed by atoms with E-state index < -0.39 is 0 Å². The minimum atomic E-state index is 0.627. The van der Waals surface area contributed by atoms with E-state index in [9.17, 15) is 0 Å². The average Bonchev–Trinajstić information content (AvgIpc) is 3.59. The number of nitrogens with zero attached hydrogens (tertiary/aromatic N) is 4. The van der Waals surface area contributed by atoms with Crippen molar-refractivity contribution in [2.24, 2.45) is 0 Å². The zero-order valence-corrected chi connectivity index (χ0v) is 28.8. The van der Waals surface area contributed by atoms with Crippen molar-refractivity contribution < 1.29 is 0 Å². The molecule has 0 fully saturated rings. The summed E-state index contributed by atoms with van der Waals surface area (Å²) >= 11 is 0. The molecule has 0 aliphatic carbocycles. The van der Waals surface area contributed by atoms with Gasteiger partial charge in [0.2, 0.25) is 0 Å². The summed E-state index contributed by atoms with van der Waals surface area (Å²) in [4.78, 5) is 15.8. The summed E-state index contributed by atoms with van der Waals surface area (Å²) in [7, 11) is 0. The zero-order valence-electron chi connectivity index (χ0n) is 28.8. The molecule has 0 saturated heterocycles. The fourth-order valence-corrected chi connectivity index (χ4v) is 7.62. The molecule has 4 nitrogen and oxygen atoms in total. The first-order valence-electron chi connectivity index (χ1n) is 17.9. The number of rotatable bonds is 6. The molecule has 0 aliphatic heterocycles. The predicted molar refractivity (Wildman–Crippen MR) is 219 cm³/mol. The largest absolute Gasteiger partial charge is 0.309 e. The molecule has 10 aromatic rings. The second-order valence-electron chi connectivity index (χ2n) is 13.2. The third kappa shape index (κ3) is 5.36. The highest BCUT2D eigenvalue weighted by Crippen LogP contribution is 2.40. The van der Waals surface area contributed by atoms with E-state index in [0.717, 1.165) is 60.9 Å².